The zero-order chi connectivity index (χ0) is 27.9. The molecule has 3 heterocycles. The molecule has 38 heavy (non-hydrogen) atoms. The molecule has 204 valence electrons. The van der Waals surface area contributed by atoms with E-state index in [4.69, 9.17) is 0 Å². The summed E-state index contributed by atoms with van der Waals surface area (Å²) < 4.78 is 56.3. The predicted octanol–water partition coefficient (Wildman–Crippen LogP) is 5.89. The van der Waals surface area contributed by atoms with Crippen LogP contribution in [0.2, 0.25) is 0 Å². The van der Waals surface area contributed by atoms with Crippen molar-refractivity contribution in [2.45, 2.75) is 64.8 Å². The first-order valence-electron chi connectivity index (χ1n) is 12.2. The van der Waals surface area contributed by atoms with Gasteiger partial charge in [0.25, 0.3) is 6.43 Å². The number of carbonyl (C=O) groups is 1. The molecule has 1 amide bonds. The normalized spacial score (nSPS) is 18.7. The first-order chi connectivity index (χ1) is 17.8. The van der Waals surface area contributed by atoms with Gasteiger partial charge >= 0.3 is 6.09 Å². The van der Waals surface area contributed by atoms with Crippen LogP contribution < -0.4 is 10.2 Å². The molecule has 2 aromatic heterocycles. The van der Waals surface area contributed by atoms with E-state index in [9.17, 15) is 23.1 Å². The second kappa shape index (κ2) is 10.2. The topological polar surface area (TPSA) is 94.5 Å². The third kappa shape index (κ3) is 5.30. The van der Waals surface area contributed by atoms with E-state index >= 15 is 4.39 Å². The van der Waals surface area contributed by atoms with Crippen molar-refractivity contribution in [1.82, 2.24) is 19.9 Å². The number of benzene rings is 1. The fourth-order valence-electron chi connectivity index (χ4n) is 4.88. The van der Waals surface area contributed by atoms with E-state index in [0.29, 0.717) is 28.4 Å². The van der Waals surface area contributed by atoms with Crippen LogP contribution in [0.15, 0.2) is 30.5 Å². The molecule has 0 radical (unpaired) electrons. The first-order valence-corrected chi connectivity index (χ1v) is 12.2. The number of carboxylic acid groups (broad SMARTS) is 1. The molecule has 4 rings (SSSR count). The molecule has 3 atom stereocenters. The van der Waals surface area contributed by atoms with Gasteiger partial charge in [0.2, 0.25) is 0 Å². The van der Waals surface area contributed by atoms with Crippen LogP contribution in [-0.2, 0) is 0 Å². The monoisotopic (exact) mass is 534 g/mol. The van der Waals surface area contributed by atoms with Gasteiger partial charge in [-0.25, -0.2) is 37.3 Å². The molecule has 1 unspecified atom stereocenters. The minimum absolute atomic E-state index is 0.0550. The van der Waals surface area contributed by atoms with Gasteiger partial charge < -0.3 is 15.3 Å². The van der Waals surface area contributed by atoms with E-state index < -0.39 is 47.7 Å². The lowest BCUT2D eigenvalue weighted by Gasteiger charge is -2.38. The van der Waals surface area contributed by atoms with Gasteiger partial charge in [0, 0.05) is 23.0 Å². The van der Waals surface area contributed by atoms with E-state index in [1.807, 2.05) is 0 Å². The SMILES string of the molecule is Cc1nc(NC(C)c2cccc(C(F)F)c2F)c2cc(N3C[C@@H](N(C(=O)O)C(C)(C)C)[C@@H](F)C3)ncc2n1. The number of fused-ring (bicyclic) bond motifs is 1. The highest BCUT2D eigenvalue weighted by Gasteiger charge is 2.44. The minimum atomic E-state index is -2.95. The standard InChI is InChI=1S/C26H30F4N6O2/c1-13(15-7-6-8-16(22(15)28)23(29)30)32-24-17-9-21(31-10-19(17)33-14(2)34-24)35-11-18(27)20(12-35)36(25(37)38)26(3,4)5/h6-10,13,18,20,23H,11-12H2,1-5H3,(H,37,38)(H,32,33,34)/t13?,18-,20+/m0/s1. The van der Waals surface area contributed by atoms with Crippen molar-refractivity contribution >= 4 is 28.6 Å². The van der Waals surface area contributed by atoms with Gasteiger partial charge in [-0.3, -0.25) is 4.90 Å². The molecule has 1 aliphatic heterocycles. The summed E-state index contributed by atoms with van der Waals surface area (Å²) >= 11 is 0. The summed E-state index contributed by atoms with van der Waals surface area (Å²) in [4.78, 5) is 27.9. The third-order valence-electron chi connectivity index (χ3n) is 6.60. The van der Waals surface area contributed by atoms with Gasteiger partial charge in [-0.2, -0.15) is 0 Å². The molecule has 0 saturated carbocycles. The molecule has 1 aromatic carbocycles. The number of nitrogens with zero attached hydrogens (tertiary/aromatic N) is 5. The number of aryl methyl sites for hydroxylation is 1. The Kier molecular flexibility index (Phi) is 7.35. The first kappa shape index (κ1) is 27.3. The summed E-state index contributed by atoms with van der Waals surface area (Å²) in [6, 6.07) is 3.90. The number of rotatable bonds is 6. The molecule has 0 bridgehead atoms. The van der Waals surface area contributed by atoms with Crippen LogP contribution in [0.5, 0.6) is 0 Å². The maximum Gasteiger partial charge on any atom is 0.408 e. The van der Waals surface area contributed by atoms with Crippen LogP contribution >= 0.6 is 0 Å². The van der Waals surface area contributed by atoms with Crippen LogP contribution in [-0.4, -0.2) is 61.9 Å². The summed E-state index contributed by atoms with van der Waals surface area (Å²) in [5.41, 5.74) is -0.947. The van der Waals surface area contributed by atoms with E-state index in [1.54, 1.807) is 45.6 Å². The van der Waals surface area contributed by atoms with Crippen molar-refractivity contribution in [2.24, 2.45) is 0 Å². The highest BCUT2D eigenvalue weighted by atomic mass is 19.3. The van der Waals surface area contributed by atoms with Crippen LogP contribution in [0.25, 0.3) is 10.9 Å². The Balaban J connectivity index is 1.67. The van der Waals surface area contributed by atoms with Crippen molar-refractivity contribution in [3.05, 3.63) is 53.2 Å². The van der Waals surface area contributed by atoms with E-state index in [1.165, 1.54) is 18.3 Å². The van der Waals surface area contributed by atoms with Crippen LogP contribution in [0, 0.1) is 12.7 Å². The summed E-state index contributed by atoms with van der Waals surface area (Å²) in [6.07, 6.45) is -4.07. The molecule has 1 fully saturated rings. The van der Waals surface area contributed by atoms with Gasteiger partial charge in [-0.05, 0) is 40.7 Å². The van der Waals surface area contributed by atoms with E-state index in [0.717, 1.165) is 11.0 Å². The highest BCUT2D eigenvalue weighted by molar-refractivity contribution is 5.90. The average molecular weight is 535 g/mol. The molecular weight excluding hydrogens is 504 g/mol. The number of hydrogen-bond acceptors (Lipinski definition) is 6. The summed E-state index contributed by atoms with van der Waals surface area (Å²) in [5, 5.41) is 13.3. The van der Waals surface area contributed by atoms with E-state index in [2.05, 4.69) is 20.3 Å². The number of nitrogens with one attached hydrogen (secondary N) is 1. The number of alkyl halides is 3. The molecule has 0 aliphatic carbocycles. The van der Waals surface area contributed by atoms with Crippen molar-refractivity contribution in [3.8, 4) is 0 Å². The van der Waals surface area contributed by atoms with Crippen molar-refractivity contribution in [1.29, 1.82) is 0 Å². The van der Waals surface area contributed by atoms with Crippen LogP contribution in [0.1, 0.15) is 57.1 Å². The number of halogens is 4. The molecular formula is C26H30F4N6O2. The molecule has 2 N–H and O–H groups in total. The Morgan fingerprint density at radius 3 is 2.53 bits per heavy atom. The lowest BCUT2D eigenvalue weighted by molar-refractivity contribution is 0.0542. The minimum Gasteiger partial charge on any atom is -0.465 e. The molecule has 1 aliphatic rings. The molecule has 12 heteroatoms. The fourth-order valence-corrected chi connectivity index (χ4v) is 4.88. The fraction of sp³-hybridized carbons (Fsp3) is 0.462. The van der Waals surface area contributed by atoms with Gasteiger partial charge in [-0.15, -0.1) is 0 Å². The van der Waals surface area contributed by atoms with E-state index in [-0.39, 0.29) is 18.7 Å². The summed E-state index contributed by atoms with van der Waals surface area (Å²) in [7, 11) is 0. The maximum atomic E-state index is 15.1. The smallest absolute Gasteiger partial charge is 0.408 e. The Hall–Kier alpha value is -3.70. The van der Waals surface area contributed by atoms with Gasteiger partial charge in [0.05, 0.1) is 35.9 Å². The summed E-state index contributed by atoms with van der Waals surface area (Å²) in [5.74, 6) is 0.158. The molecule has 3 aromatic rings. The van der Waals surface area contributed by atoms with Gasteiger partial charge in [0.15, 0.2) is 0 Å². The zero-order valence-electron chi connectivity index (χ0n) is 21.7. The van der Waals surface area contributed by atoms with Gasteiger partial charge in [0.1, 0.15) is 29.4 Å². The number of anilines is 2. The van der Waals surface area contributed by atoms with Gasteiger partial charge in [-0.1, -0.05) is 18.2 Å². The zero-order valence-corrected chi connectivity index (χ0v) is 21.7. The second-order valence-corrected chi connectivity index (χ2v) is 10.4. The largest absolute Gasteiger partial charge is 0.465 e. The van der Waals surface area contributed by atoms with Crippen molar-refractivity contribution in [2.75, 3.05) is 23.3 Å². The third-order valence-corrected chi connectivity index (χ3v) is 6.60. The predicted molar refractivity (Wildman–Crippen MR) is 136 cm³/mol. The van der Waals surface area contributed by atoms with Crippen molar-refractivity contribution < 1.29 is 27.5 Å². The van der Waals surface area contributed by atoms with Crippen LogP contribution in [0.4, 0.5) is 34.0 Å². The Labute approximate surface area is 217 Å². The molecule has 8 nitrogen and oxygen atoms in total. The average Bonchev–Trinajstić information content (AvgIpc) is 3.18. The van der Waals surface area contributed by atoms with Crippen LogP contribution in [0.3, 0.4) is 0 Å². The Morgan fingerprint density at radius 2 is 1.89 bits per heavy atom. The Morgan fingerprint density at radius 1 is 1.21 bits per heavy atom. The number of amides is 1. The highest BCUT2D eigenvalue weighted by Crippen LogP contribution is 2.33. The molecule has 1 saturated heterocycles. The Bertz CT molecular complexity index is 1350. The quantitative estimate of drug-likeness (QED) is 0.381. The lowest BCUT2D eigenvalue weighted by Crippen LogP contribution is -2.54. The summed E-state index contributed by atoms with van der Waals surface area (Å²) in [6.45, 7) is 8.48. The maximum absolute atomic E-state index is 15.1. The second-order valence-electron chi connectivity index (χ2n) is 10.4. The number of hydrogen-bond donors (Lipinski definition) is 2. The molecule has 0 spiro atoms. The number of pyridine rings is 1. The number of aromatic nitrogens is 3. The van der Waals surface area contributed by atoms with Crippen molar-refractivity contribution in [3.63, 3.8) is 0 Å². The lowest BCUT2D eigenvalue weighted by atomic mass is 10.0.